The van der Waals surface area contributed by atoms with Crippen LogP contribution in [0.25, 0.3) is 44.0 Å². The van der Waals surface area contributed by atoms with E-state index < -0.39 is 5.60 Å². The van der Waals surface area contributed by atoms with Gasteiger partial charge in [-0.2, -0.15) is 5.10 Å². The monoisotopic (exact) mass is 588 g/mol. The van der Waals surface area contributed by atoms with Gasteiger partial charge in [0.05, 0.1) is 34.4 Å². The van der Waals surface area contributed by atoms with Crippen LogP contribution >= 0.6 is 11.9 Å². The minimum Gasteiger partial charge on any atom is -0.389 e. The summed E-state index contributed by atoms with van der Waals surface area (Å²) in [6.07, 6.45) is 5.55. The predicted octanol–water partition coefficient (Wildman–Crippen LogP) is 7.12. The van der Waals surface area contributed by atoms with Crippen molar-refractivity contribution in [3.8, 4) is 11.3 Å². The van der Waals surface area contributed by atoms with Gasteiger partial charge in [0.1, 0.15) is 11.3 Å². The molecule has 0 bridgehead atoms. The van der Waals surface area contributed by atoms with E-state index in [2.05, 4.69) is 43.4 Å². The highest BCUT2D eigenvalue weighted by Crippen LogP contribution is 2.34. The van der Waals surface area contributed by atoms with E-state index in [1.807, 2.05) is 83.9 Å². The largest absolute Gasteiger partial charge is 0.389 e. The fourth-order valence-corrected chi connectivity index (χ4v) is 5.89. The van der Waals surface area contributed by atoms with Crippen LogP contribution in [0.5, 0.6) is 0 Å². The number of hydrogen-bond acceptors (Lipinski definition) is 10. The van der Waals surface area contributed by atoms with Crippen molar-refractivity contribution in [2.45, 2.75) is 37.8 Å². The molecule has 0 aliphatic heterocycles. The van der Waals surface area contributed by atoms with E-state index in [0.717, 1.165) is 71.6 Å². The van der Waals surface area contributed by atoms with Crippen LogP contribution in [0.2, 0.25) is 0 Å². The third-order valence-electron chi connectivity index (χ3n) is 7.22. The van der Waals surface area contributed by atoms with Crippen molar-refractivity contribution in [1.29, 1.82) is 0 Å². The van der Waals surface area contributed by atoms with Crippen LogP contribution in [-0.4, -0.2) is 40.8 Å². The van der Waals surface area contributed by atoms with Crippen molar-refractivity contribution in [2.75, 3.05) is 10.0 Å². The quantitative estimate of drug-likeness (QED) is 0.158. The summed E-state index contributed by atoms with van der Waals surface area (Å²) in [6.45, 7) is 6.07. The number of pyridine rings is 2. The Labute approximate surface area is 251 Å². The second-order valence-electron chi connectivity index (χ2n) is 11.0. The number of hydrogen-bond donors (Lipinski definition) is 3. The number of benzene rings is 3. The third-order valence-corrected chi connectivity index (χ3v) is 8.11. The van der Waals surface area contributed by atoms with Crippen molar-refractivity contribution < 1.29 is 9.74 Å². The summed E-state index contributed by atoms with van der Waals surface area (Å²) in [5.74, 6) is 0.721. The molecule has 7 rings (SSSR count). The highest BCUT2D eigenvalue weighted by atomic mass is 32.2. The molecule has 4 heterocycles. The molecule has 43 heavy (non-hydrogen) atoms. The van der Waals surface area contributed by atoms with E-state index in [1.165, 1.54) is 11.9 Å². The van der Waals surface area contributed by atoms with Gasteiger partial charge in [0, 0.05) is 45.5 Å². The van der Waals surface area contributed by atoms with Gasteiger partial charge in [0.15, 0.2) is 5.52 Å². The molecule has 0 aliphatic carbocycles. The van der Waals surface area contributed by atoms with Crippen LogP contribution in [0.1, 0.15) is 19.4 Å². The number of nitrogens with zero attached hydrogens (tertiary/aromatic N) is 6. The Bertz CT molecular complexity index is 2100. The lowest BCUT2D eigenvalue weighted by Crippen LogP contribution is -2.26. The lowest BCUT2D eigenvalue weighted by molar-refractivity contribution is 0.0591. The lowest BCUT2D eigenvalue weighted by Gasteiger charge is -2.18. The van der Waals surface area contributed by atoms with E-state index in [-0.39, 0.29) is 0 Å². The topological polar surface area (TPSA) is 127 Å². The first-order valence-corrected chi connectivity index (χ1v) is 14.6. The molecule has 0 fully saturated rings. The Morgan fingerprint density at radius 3 is 2.60 bits per heavy atom. The summed E-state index contributed by atoms with van der Waals surface area (Å²) in [5.41, 5.74) is 6.42. The number of rotatable bonds is 8. The van der Waals surface area contributed by atoms with E-state index >= 15 is 0 Å². The van der Waals surface area contributed by atoms with Gasteiger partial charge in [-0.3, -0.25) is 9.67 Å². The zero-order valence-electron chi connectivity index (χ0n) is 23.7. The highest BCUT2D eigenvalue weighted by Gasteiger charge is 2.18. The Morgan fingerprint density at radius 1 is 0.930 bits per heavy atom. The molecule has 0 atom stereocenters. The zero-order valence-corrected chi connectivity index (χ0v) is 24.6. The Hall–Kier alpha value is -5.00. The number of fused-ring (bicyclic) bond motifs is 3. The molecule has 0 saturated heterocycles. The molecule has 11 heteroatoms. The molecule has 4 aromatic heterocycles. The molecule has 0 spiro atoms. The smallest absolute Gasteiger partial charge is 0.150 e. The van der Waals surface area contributed by atoms with E-state index in [1.54, 1.807) is 13.8 Å². The average Bonchev–Trinajstić information content (AvgIpc) is 3.64. The minimum atomic E-state index is -0.861. The van der Waals surface area contributed by atoms with Gasteiger partial charge < -0.3 is 15.1 Å². The average molecular weight is 589 g/mol. The highest BCUT2D eigenvalue weighted by molar-refractivity contribution is 8.00. The van der Waals surface area contributed by atoms with E-state index in [0.29, 0.717) is 6.54 Å². The number of aromatic nitrogens is 6. The summed E-state index contributed by atoms with van der Waals surface area (Å²) in [4.78, 5) is 10.4. The molecular weight excluding hydrogens is 560 g/mol. The molecule has 0 radical (unpaired) electrons. The lowest BCUT2D eigenvalue weighted by atomic mass is 9.98. The molecule has 0 aliphatic rings. The third kappa shape index (κ3) is 5.36. The molecule has 0 unspecified atom stereocenters. The molecule has 214 valence electrons. The van der Waals surface area contributed by atoms with E-state index in [4.69, 9.17) is 9.61 Å². The SMILES string of the molecule is Cc1c(-c2nccc3cnc(Nc4ccc(NSc5cccc6nonc56)cc4)cc23)ccc2c1cnn2CC(C)(C)O. The number of nitrogens with one attached hydrogen (secondary N) is 2. The molecule has 0 amide bonds. The number of aliphatic hydroxyl groups is 1. The molecule has 7 aromatic rings. The number of anilines is 3. The summed E-state index contributed by atoms with van der Waals surface area (Å²) in [5, 5.41) is 29.2. The first-order chi connectivity index (χ1) is 20.8. The summed E-state index contributed by atoms with van der Waals surface area (Å²) < 4.78 is 10.1. The second-order valence-corrected chi connectivity index (χ2v) is 11.9. The van der Waals surface area contributed by atoms with Crippen LogP contribution < -0.4 is 10.0 Å². The Morgan fingerprint density at radius 2 is 1.77 bits per heavy atom. The van der Waals surface area contributed by atoms with Gasteiger partial charge in [0.25, 0.3) is 0 Å². The van der Waals surface area contributed by atoms with Crippen LogP contribution in [-0.2, 0) is 6.54 Å². The Kier molecular flexibility index (Phi) is 6.68. The predicted molar refractivity (Wildman–Crippen MR) is 170 cm³/mol. The van der Waals surface area contributed by atoms with Crippen LogP contribution in [0, 0.1) is 6.92 Å². The van der Waals surface area contributed by atoms with Gasteiger partial charge in [-0.25, -0.2) is 9.61 Å². The van der Waals surface area contributed by atoms with Crippen molar-refractivity contribution in [1.82, 2.24) is 30.1 Å². The first kappa shape index (κ1) is 26.9. The van der Waals surface area contributed by atoms with Crippen LogP contribution in [0.3, 0.4) is 0 Å². The maximum atomic E-state index is 10.3. The zero-order chi connectivity index (χ0) is 29.6. The summed E-state index contributed by atoms with van der Waals surface area (Å²) in [6, 6.07) is 21.9. The van der Waals surface area contributed by atoms with Crippen molar-refractivity contribution >= 4 is 61.8 Å². The Balaban J connectivity index is 1.13. The van der Waals surface area contributed by atoms with Crippen LogP contribution in [0.4, 0.5) is 17.2 Å². The van der Waals surface area contributed by atoms with Crippen molar-refractivity contribution in [2.24, 2.45) is 0 Å². The molecule has 10 nitrogen and oxygen atoms in total. The van der Waals surface area contributed by atoms with Gasteiger partial charge >= 0.3 is 0 Å². The number of aryl methyl sites for hydroxylation is 1. The maximum absolute atomic E-state index is 10.3. The van der Waals surface area contributed by atoms with Gasteiger partial charge in [-0.1, -0.05) is 12.1 Å². The van der Waals surface area contributed by atoms with Gasteiger partial charge in [-0.15, -0.1) is 0 Å². The van der Waals surface area contributed by atoms with Crippen molar-refractivity contribution in [3.63, 3.8) is 0 Å². The summed E-state index contributed by atoms with van der Waals surface area (Å²) >= 11 is 1.46. The van der Waals surface area contributed by atoms with Gasteiger partial charge in [-0.05, 0) is 103 Å². The maximum Gasteiger partial charge on any atom is 0.150 e. The van der Waals surface area contributed by atoms with Crippen LogP contribution in [0.15, 0.2) is 94.8 Å². The minimum absolute atomic E-state index is 0.412. The van der Waals surface area contributed by atoms with Gasteiger partial charge in [0.2, 0.25) is 0 Å². The van der Waals surface area contributed by atoms with Crippen molar-refractivity contribution in [3.05, 3.63) is 90.9 Å². The second kappa shape index (κ2) is 10.7. The van der Waals surface area contributed by atoms with E-state index in [9.17, 15) is 5.11 Å². The standard InChI is InChI=1S/C32H28N8O2S/c1-19-23(11-12-27-25(19)17-35-40(27)18-32(2,3)41)30-24-15-29(34-16-20(24)13-14-33-30)36-21-7-9-22(10-8-21)39-43-28-6-4-5-26-31(28)38-42-37-26/h4-17,39,41H,18H2,1-3H3,(H,34,36). The normalized spacial score (nSPS) is 11.9. The summed E-state index contributed by atoms with van der Waals surface area (Å²) in [7, 11) is 0. The fourth-order valence-electron chi connectivity index (χ4n) is 5.14. The first-order valence-electron chi connectivity index (χ1n) is 13.8. The molecular formula is C32H28N8O2S. The fraction of sp³-hybridized carbons (Fsp3) is 0.156. The molecule has 3 aromatic carbocycles. The molecule has 0 saturated carbocycles. The molecule has 3 N–H and O–H groups in total.